The molecule has 0 spiro atoms. The molecule has 0 radical (unpaired) electrons. The average molecular weight is 269 g/mol. The van der Waals surface area contributed by atoms with E-state index in [-0.39, 0.29) is 6.04 Å². The average Bonchev–Trinajstić information content (AvgIpc) is 2.61. The smallest absolute Gasteiger partial charge is 0.191 e. The van der Waals surface area contributed by atoms with Crippen LogP contribution in [0.1, 0.15) is 18.7 Å². The zero-order valence-corrected chi connectivity index (χ0v) is 10.1. The van der Waals surface area contributed by atoms with E-state index in [9.17, 15) is 0 Å². The Morgan fingerprint density at radius 2 is 2.40 bits per heavy atom. The molecule has 0 fully saturated rings. The van der Waals surface area contributed by atoms with Crippen LogP contribution in [-0.4, -0.2) is 28.9 Å². The SMILES string of the molecule is CCN1C(N)=NCC1c1ccc(Br)cn1. The second-order valence-corrected chi connectivity index (χ2v) is 4.32. The summed E-state index contributed by atoms with van der Waals surface area (Å²) >= 11 is 3.37. The molecule has 0 saturated heterocycles. The van der Waals surface area contributed by atoms with Gasteiger partial charge in [-0.2, -0.15) is 0 Å². The summed E-state index contributed by atoms with van der Waals surface area (Å²) in [4.78, 5) is 10.7. The fourth-order valence-corrected chi connectivity index (χ4v) is 1.98. The number of pyridine rings is 1. The first-order valence-corrected chi connectivity index (χ1v) is 5.69. The molecule has 0 aromatic carbocycles. The Balaban J connectivity index is 2.22. The van der Waals surface area contributed by atoms with Gasteiger partial charge in [0, 0.05) is 17.2 Å². The molecule has 0 amide bonds. The van der Waals surface area contributed by atoms with Gasteiger partial charge >= 0.3 is 0 Å². The van der Waals surface area contributed by atoms with Crippen LogP contribution in [0.5, 0.6) is 0 Å². The second kappa shape index (κ2) is 4.18. The van der Waals surface area contributed by atoms with Crippen molar-refractivity contribution in [1.29, 1.82) is 0 Å². The third kappa shape index (κ3) is 1.97. The molecule has 0 saturated carbocycles. The van der Waals surface area contributed by atoms with Crippen molar-refractivity contribution in [3.8, 4) is 0 Å². The highest BCUT2D eigenvalue weighted by molar-refractivity contribution is 9.10. The monoisotopic (exact) mass is 268 g/mol. The van der Waals surface area contributed by atoms with E-state index in [4.69, 9.17) is 5.73 Å². The Morgan fingerprint density at radius 3 is 3.00 bits per heavy atom. The van der Waals surface area contributed by atoms with Gasteiger partial charge in [0.05, 0.1) is 18.3 Å². The van der Waals surface area contributed by atoms with Crippen molar-refractivity contribution < 1.29 is 0 Å². The van der Waals surface area contributed by atoms with Crippen molar-refractivity contribution >= 4 is 21.9 Å². The van der Waals surface area contributed by atoms with Crippen LogP contribution in [0.15, 0.2) is 27.8 Å². The molecule has 1 aliphatic rings. The van der Waals surface area contributed by atoms with E-state index in [1.165, 1.54) is 0 Å². The lowest BCUT2D eigenvalue weighted by atomic mass is 10.2. The number of hydrogen-bond donors (Lipinski definition) is 1. The minimum atomic E-state index is 0.197. The molecule has 0 aliphatic carbocycles. The molecule has 2 rings (SSSR count). The predicted octanol–water partition coefficient (Wildman–Crippen LogP) is 1.54. The van der Waals surface area contributed by atoms with Gasteiger partial charge in [0.25, 0.3) is 0 Å². The number of rotatable bonds is 2. The number of hydrogen-bond acceptors (Lipinski definition) is 4. The Bertz CT molecular complexity index is 374. The predicted molar refractivity (Wildman–Crippen MR) is 63.5 cm³/mol. The quantitative estimate of drug-likeness (QED) is 0.886. The van der Waals surface area contributed by atoms with Crippen LogP contribution in [0.25, 0.3) is 0 Å². The van der Waals surface area contributed by atoms with Crippen LogP contribution in [0.3, 0.4) is 0 Å². The molecule has 2 heterocycles. The molecule has 80 valence electrons. The van der Waals surface area contributed by atoms with E-state index < -0.39 is 0 Å². The van der Waals surface area contributed by atoms with Crippen molar-refractivity contribution in [3.63, 3.8) is 0 Å². The van der Waals surface area contributed by atoms with Crippen LogP contribution in [-0.2, 0) is 0 Å². The van der Waals surface area contributed by atoms with Gasteiger partial charge in [0.1, 0.15) is 0 Å². The first-order valence-electron chi connectivity index (χ1n) is 4.90. The Hall–Kier alpha value is -1.10. The normalized spacial score (nSPS) is 20.5. The van der Waals surface area contributed by atoms with Crippen molar-refractivity contribution in [1.82, 2.24) is 9.88 Å². The molecule has 1 aromatic rings. The molecular weight excluding hydrogens is 256 g/mol. The zero-order chi connectivity index (χ0) is 10.8. The van der Waals surface area contributed by atoms with E-state index in [2.05, 4.69) is 37.7 Å². The van der Waals surface area contributed by atoms with Crippen molar-refractivity contribution in [2.24, 2.45) is 10.7 Å². The standard InChI is InChI=1S/C10H13BrN4/c1-2-15-9(6-14-10(15)12)8-4-3-7(11)5-13-8/h3-5,9H,2,6H2,1H3,(H2,12,14). The lowest BCUT2D eigenvalue weighted by molar-refractivity contribution is 0.357. The molecule has 1 aliphatic heterocycles. The van der Waals surface area contributed by atoms with E-state index in [1.54, 1.807) is 6.20 Å². The Kier molecular flexibility index (Phi) is 2.90. The number of aliphatic imine (C=N–C) groups is 1. The highest BCUT2D eigenvalue weighted by Crippen LogP contribution is 2.24. The number of guanidine groups is 1. The summed E-state index contributed by atoms with van der Waals surface area (Å²) in [6.45, 7) is 3.63. The van der Waals surface area contributed by atoms with E-state index in [1.807, 2.05) is 12.1 Å². The third-order valence-corrected chi connectivity index (χ3v) is 3.00. The van der Waals surface area contributed by atoms with Gasteiger partial charge in [-0.15, -0.1) is 0 Å². The number of likely N-dealkylation sites (N-methyl/N-ethyl adjacent to an activating group) is 1. The summed E-state index contributed by atoms with van der Waals surface area (Å²) in [5.74, 6) is 0.618. The van der Waals surface area contributed by atoms with E-state index in [0.29, 0.717) is 12.5 Å². The van der Waals surface area contributed by atoms with Crippen LogP contribution in [0.2, 0.25) is 0 Å². The Labute approximate surface area is 97.3 Å². The lowest BCUT2D eigenvalue weighted by Gasteiger charge is -2.23. The summed E-state index contributed by atoms with van der Waals surface area (Å²) in [5, 5.41) is 0. The molecule has 1 atom stereocenters. The third-order valence-electron chi connectivity index (χ3n) is 2.53. The van der Waals surface area contributed by atoms with Crippen LogP contribution in [0.4, 0.5) is 0 Å². The topological polar surface area (TPSA) is 54.5 Å². The van der Waals surface area contributed by atoms with Crippen molar-refractivity contribution in [3.05, 3.63) is 28.5 Å². The first-order chi connectivity index (χ1) is 7.22. The second-order valence-electron chi connectivity index (χ2n) is 3.40. The maximum atomic E-state index is 5.79. The van der Waals surface area contributed by atoms with Gasteiger partial charge < -0.3 is 10.6 Å². The van der Waals surface area contributed by atoms with Crippen molar-refractivity contribution in [2.45, 2.75) is 13.0 Å². The fraction of sp³-hybridized carbons (Fsp3) is 0.400. The molecule has 5 heteroatoms. The molecule has 4 nitrogen and oxygen atoms in total. The largest absolute Gasteiger partial charge is 0.370 e. The molecule has 2 N–H and O–H groups in total. The highest BCUT2D eigenvalue weighted by atomic mass is 79.9. The molecular formula is C10H13BrN4. The maximum absolute atomic E-state index is 5.79. The number of aromatic nitrogens is 1. The van der Waals surface area contributed by atoms with Crippen LogP contribution < -0.4 is 5.73 Å². The summed E-state index contributed by atoms with van der Waals surface area (Å²) in [5.41, 5.74) is 6.80. The maximum Gasteiger partial charge on any atom is 0.191 e. The summed E-state index contributed by atoms with van der Waals surface area (Å²) < 4.78 is 0.987. The summed E-state index contributed by atoms with van der Waals surface area (Å²) in [6.07, 6.45) is 1.80. The summed E-state index contributed by atoms with van der Waals surface area (Å²) in [6, 6.07) is 4.19. The van der Waals surface area contributed by atoms with Gasteiger partial charge in [-0.05, 0) is 35.0 Å². The number of nitrogens with two attached hydrogens (primary N) is 1. The van der Waals surface area contributed by atoms with E-state index >= 15 is 0 Å². The minimum Gasteiger partial charge on any atom is -0.370 e. The number of nitrogens with zero attached hydrogens (tertiary/aromatic N) is 3. The lowest BCUT2D eigenvalue weighted by Crippen LogP contribution is -2.36. The fourth-order valence-electron chi connectivity index (χ4n) is 1.75. The molecule has 0 bridgehead atoms. The van der Waals surface area contributed by atoms with Gasteiger partial charge in [-0.3, -0.25) is 9.98 Å². The number of halogens is 1. The van der Waals surface area contributed by atoms with Crippen LogP contribution in [0, 0.1) is 0 Å². The van der Waals surface area contributed by atoms with E-state index in [0.717, 1.165) is 16.7 Å². The molecule has 1 aromatic heterocycles. The van der Waals surface area contributed by atoms with Crippen LogP contribution >= 0.6 is 15.9 Å². The zero-order valence-electron chi connectivity index (χ0n) is 8.52. The Morgan fingerprint density at radius 1 is 1.60 bits per heavy atom. The van der Waals surface area contributed by atoms with Gasteiger partial charge in [-0.1, -0.05) is 0 Å². The molecule has 15 heavy (non-hydrogen) atoms. The van der Waals surface area contributed by atoms with Gasteiger partial charge in [0.2, 0.25) is 0 Å². The minimum absolute atomic E-state index is 0.197. The first kappa shape index (κ1) is 10.4. The highest BCUT2D eigenvalue weighted by Gasteiger charge is 2.26. The van der Waals surface area contributed by atoms with Crippen molar-refractivity contribution in [2.75, 3.05) is 13.1 Å². The van der Waals surface area contributed by atoms with Gasteiger partial charge in [-0.25, -0.2) is 0 Å². The summed E-state index contributed by atoms with van der Waals surface area (Å²) in [7, 11) is 0. The van der Waals surface area contributed by atoms with Gasteiger partial charge in [0.15, 0.2) is 5.96 Å². The molecule has 1 unspecified atom stereocenters.